The molecule has 1 fully saturated rings. The normalized spacial score (nSPS) is 21.7. The highest BCUT2D eigenvalue weighted by Crippen LogP contribution is 2.22. The van der Waals surface area contributed by atoms with Gasteiger partial charge in [-0.25, -0.2) is 0 Å². The Morgan fingerprint density at radius 1 is 1.11 bits per heavy atom. The van der Waals surface area contributed by atoms with E-state index in [1.807, 2.05) is 0 Å². The summed E-state index contributed by atoms with van der Waals surface area (Å²) in [4.78, 5) is 2.43. The highest BCUT2D eigenvalue weighted by molar-refractivity contribution is 5.18. The van der Waals surface area contributed by atoms with Gasteiger partial charge in [0.05, 0.1) is 0 Å². The third-order valence-corrected chi connectivity index (χ3v) is 4.28. The van der Waals surface area contributed by atoms with Gasteiger partial charge >= 0.3 is 0 Å². The average Bonchev–Trinajstić information content (AvgIpc) is 2.40. The predicted octanol–water partition coefficient (Wildman–Crippen LogP) is 3.07. The molecule has 0 radical (unpaired) electrons. The molecule has 0 bridgehead atoms. The fourth-order valence-electron chi connectivity index (χ4n) is 2.90. The van der Waals surface area contributed by atoms with Crippen LogP contribution in [0, 0.1) is 5.92 Å². The van der Waals surface area contributed by atoms with Crippen molar-refractivity contribution < 1.29 is 0 Å². The van der Waals surface area contributed by atoms with Gasteiger partial charge in [-0.05, 0) is 58.3 Å². The van der Waals surface area contributed by atoms with Crippen LogP contribution in [-0.2, 0) is 0 Å². The molecule has 1 heterocycles. The van der Waals surface area contributed by atoms with Crippen LogP contribution in [0.1, 0.15) is 38.3 Å². The van der Waals surface area contributed by atoms with Crippen LogP contribution in [0.3, 0.4) is 0 Å². The third-order valence-electron chi connectivity index (χ3n) is 4.28. The van der Waals surface area contributed by atoms with Crippen molar-refractivity contribution in [2.24, 2.45) is 5.92 Å². The smallest absolute Gasteiger partial charge is 0.0294 e. The quantitative estimate of drug-likeness (QED) is 0.878. The Morgan fingerprint density at radius 3 is 2.33 bits per heavy atom. The van der Waals surface area contributed by atoms with Gasteiger partial charge in [0.15, 0.2) is 0 Å². The second-order valence-corrected chi connectivity index (χ2v) is 5.73. The van der Waals surface area contributed by atoms with Crippen LogP contribution in [0.15, 0.2) is 30.3 Å². The van der Waals surface area contributed by atoms with Crippen molar-refractivity contribution in [3.8, 4) is 0 Å². The van der Waals surface area contributed by atoms with Gasteiger partial charge in [0.25, 0.3) is 0 Å². The molecule has 1 N–H and O–H groups in total. The summed E-state index contributed by atoms with van der Waals surface area (Å²) < 4.78 is 0. The molecule has 0 amide bonds. The maximum absolute atomic E-state index is 3.76. The highest BCUT2D eigenvalue weighted by Gasteiger charge is 2.23. The SMILES string of the molecule is CC(N[C@H](C)c1ccccc1)C1CCN(C)CC1. The van der Waals surface area contributed by atoms with E-state index in [2.05, 4.69) is 61.4 Å². The predicted molar refractivity (Wildman–Crippen MR) is 77.7 cm³/mol. The summed E-state index contributed by atoms with van der Waals surface area (Å²) in [7, 11) is 2.22. The summed E-state index contributed by atoms with van der Waals surface area (Å²) in [5.41, 5.74) is 1.39. The van der Waals surface area contributed by atoms with Gasteiger partial charge in [0.1, 0.15) is 0 Å². The van der Waals surface area contributed by atoms with E-state index in [4.69, 9.17) is 0 Å². The summed E-state index contributed by atoms with van der Waals surface area (Å²) in [6.45, 7) is 7.10. The van der Waals surface area contributed by atoms with E-state index in [1.165, 1.54) is 31.5 Å². The van der Waals surface area contributed by atoms with E-state index in [-0.39, 0.29) is 0 Å². The number of hydrogen-bond acceptors (Lipinski definition) is 2. The van der Waals surface area contributed by atoms with Crippen LogP contribution in [0.25, 0.3) is 0 Å². The van der Waals surface area contributed by atoms with Crippen LogP contribution in [0.2, 0.25) is 0 Å². The monoisotopic (exact) mass is 246 g/mol. The van der Waals surface area contributed by atoms with E-state index in [9.17, 15) is 0 Å². The van der Waals surface area contributed by atoms with Crippen LogP contribution in [0.4, 0.5) is 0 Å². The zero-order valence-corrected chi connectivity index (χ0v) is 11.9. The lowest BCUT2D eigenvalue weighted by molar-refractivity contribution is 0.185. The Hall–Kier alpha value is -0.860. The van der Waals surface area contributed by atoms with E-state index in [1.54, 1.807) is 0 Å². The summed E-state index contributed by atoms with van der Waals surface area (Å²) in [6.07, 6.45) is 2.65. The lowest BCUT2D eigenvalue weighted by Crippen LogP contribution is -2.41. The molecule has 2 rings (SSSR count). The summed E-state index contributed by atoms with van der Waals surface area (Å²) in [5.74, 6) is 0.826. The van der Waals surface area contributed by atoms with Crippen molar-refractivity contribution in [1.82, 2.24) is 10.2 Å². The van der Waals surface area contributed by atoms with Crippen LogP contribution < -0.4 is 5.32 Å². The van der Waals surface area contributed by atoms with E-state index < -0.39 is 0 Å². The fraction of sp³-hybridized carbons (Fsp3) is 0.625. The van der Waals surface area contributed by atoms with Gasteiger partial charge < -0.3 is 10.2 Å². The lowest BCUT2D eigenvalue weighted by Gasteiger charge is -2.34. The second-order valence-electron chi connectivity index (χ2n) is 5.73. The molecule has 1 aromatic rings. The van der Waals surface area contributed by atoms with E-state index >= 15 is 0 Å². The van der Waals surface area contributed by atoms with Crippen molar-refractivity contribution in [2.75, 3.05) is 20.1 Å². The second kappa shape index (κ2) is 6.35. The van der Waals surface area contributed by atoms with Crippen molar-refractivity contribution in [3.05, 3.63) is 35.9 Å². The molecule has 0 aromatic heterocycles. The third kappa shape index (κ3) is 3.56. The van der Waals surface area contributed by atoms with Gasteiger partial charge in [0, 0.05) is 12.1 Å². The van der Waals surface area contributed by atoms with Gasteiger partial charge in [-0.2, -0.15) is 0 Å². The first-order valence-electron chi connectivity index (χ1n) is 7.16. The van der Waals surface area contributed by atoms with Crippen LogP contribution in [-0.4, -0.2) is 31.1 Å². The summed E-state index contributed by atoms with van der Waals surface area (Å²) >= 11 is 0. The van der Waals surface area contributed by atoms with Crippen molar-refractivity contribution >= 4 is 0 Å². The first-order chi connectivity index (χ1) is 8.66. The molecule has 1 aliphatic rings. The first-order valence-corrected chi connectivity index (χ1v) is 7.16. The molecular formula is C16H26N2. The molecule has 1 unspecified atom stereocenters. The molecule has 0 spiro atoms. The van der Waals surface area contributed by atoms with Gasteiger partial charge in [-0.15, -0.1) is 0 Å². The minimum Gasteiger partial charge on any atom is -0.307 e. The Balaban J connectivity index is 1.85. The maximum atomic E-state index is 3.76. The van der Waals surface area contributed by atoms with E-state index in [0.29, 0.717) is 12.1 Å². The van der Waals surface area contributed by atoms with Crippen LogP contribution in [0.5, 0.6) is 0 Å². The molecule has 2 atom stereocenters. The van der Waals surface area contributed by atoms with Crippen molar-refractivity contribution in [3.63, 3.8) is 0 Å². The fourth-order valence-corrected chi connectivity index (χ4v) is 2.90. The minimum atomic E-state index is 0.445. The molecular weight excluding hydrogens is 220 g/mol. The molecule has 100 valence electrons. The number of piperidine rings is 1. The number of nitrogens with one attached hydrogen (secondary N) is 1. The maximum Gasteiger partial charge on any atom is 0.0294 e. The number of nitrogens with zero attached hydrogens (tertiary/aromatic N) is 1. The Morgan fingerprint density at radius 2 is 1.72 bits per heavy atom. The van der Waals surface area contributed by atoms with Crippen LogP contribution >= 0.6 is 0 Å². The van der Waals surface area contributed by atoms with Gasteiger partial charge in [0.2, 0.25) is 0 Å². The highest BCUT2D eigenvalue weighted by atomic mass is 15.1. The minimum absolute atomic E-state index is 0.445. The lowest BCUT2D eigenvalue weighted by atomic mass is 9.90. The standard InChI is InChI=1S/C16H26N2/c1-13(15-7-5-4-6-8-15)17-14(2)16-9-11-18(3)12-10-16/h4-8,13-14,16-17H,9-12H2,1-3H3/t13-,14?/m1/s1. The molecule has 0 aliphatic carbocycles. The topological polar surface area (TPSA) is 15.3 Å². The molecule has 1 aliphatic heterocycles. The number of likely N-dealkylation sites (tertiary alicyclic amines) is 1. The largest absolute Gasteiger partial charge is 0.307 e. The van der Waals surface area contributed by atoms with Crippen molar-refractivity contribution in [1.29, 1.82) is 0 Å². The zero-order valence-electron chi connectivity index (χ0n) is 11.9. The molecule has 2 nitrogen and oxygen atoms in total. The first kappa shape index (κ1) is 13.6. The molecule has 0 saturated carbocycles. The molecule has 2 heteroatoms. The Bertz CT molecular complexity index is 341. The number of benzene rings is 1. The summed E-state index contributed by atoms with van der Waals surface area (Å²) in [5, 5.41) is 3.76. The average molecular weight is 246 g/mol. The van der Waals surface area contributed by atoms with E-state index in [0.717, 1.165) is 5.92 Å². The zero-order chi connectivity index (χ0) is 13.0. The Kier molecular flexibility index (Phi) is 4.79. The molecule has 18 heavy (non-hydrogen) atoms. The van der Waals surface area contributed by atoms with Gasteiger partial charge in [-0.3, -0.25) is 0 Å². The molecule has 1 saturated heterocycles. The van der Waals surface area contributed by atoms with Gasteiger partial charge in [-0.1, -0.05) is 30.3 Å². The summed E-state index contributed by atoms with van der Waals surface area (Å²) in [6, 6.07) is 11.8. The van der Waals surface area contributed by atoms with Crippen molar-refractivity contribution in [2.45, 2.75) is 38.8 Å². The number of rotatable bonds is 4. The number of hydrogen-bond donors (Lipinski definition) is 1. The molecule has 1 aromatic carbocycles. The Labute approximate surface area is 111 Å².